The van der Waals surface area contributed by atoms with Crippen molar-refractivity contribution in [3.63, 3.8) is 0 Å². The van der Waals surface area contributed by atoms with E-state index in [1.54, 1.807) is 6.21 Å². The monoisotopic (exact) mass is 187 g/mol. The molecule has 1 aliphatic heterocycles. The highest BCUT2D eigenvalue weighted by atomic mass is 16.1. The lowest BCUT2D eigenvalue weighted by Crippen LogP contribution is -2.16. The van der Waals surface area contributed by atoms with Gasteiger partial charge in [-0.3, -0.25) is 9.79 Å². The fourth-order valence-electron chi connectivity index (χ4n) is 1.73. The van der Waals surface area contributed by atoms with E-state index in [2.05, 4.69) is 11.9 Å². The van der Waals surface area contributed by atoms with Crippen molar-refractivity contribution in [3.8, 4) is 0 Å². The number of aliphatic imine (C=N–C) groups is 1. The molecule has 0 saturated heterocycles. The number of hydrogen-bond acceptors (Lipinski definition) is 2. The predicted octanol–water partition coefficient (Wildman–Crippen LogP) is 2.78. The number of fused-ring (bicyclic) bond motifs is 1. The highest BCUT2D eigenvalue weighted by molar-refractivity contribution is 6.12. The number of para-hydroxylation sites is 1. The summed E-state index contributed by atoms with van der Waals surface area (Å²) in [6.07, 6.45) is 2.66. The fraction of sp³-hybridized carbons (Fsp3) is 0.333. The van der Waals surface area contributed by atoms with Crippen LogP contribution in [-0.4, -0.2) is 12.0 Å². The van der Waals surface area contributed by atoms with E-state index in [-0.39, 0.29) is 11.7 Å². The van der Waals surface area contributed by atoms with Crippen LogP contribution in [0.1, 0.15) is 29.8 Å². The molecule has 1 unspecified atom stereocenters. The SMILES string of the molecule is CCc1cccc2c1N=CC(C)C2=O. The summed E-state index contributed by atoms with van der Waals surface area (Å²) in [6.45, 7) is 3.96. The average molecular weight is 187 g/mol. The van der Waals surface area contributed by atoms with Crippen LogP contribution >= 0.6 is 0 Å². The number of nitrogens with zero attached hydrogens (tertiary/aromatic N) is 1. The van der Waals surface area contributed by atoms with E-state index in [4.69, 9.17) is 0 Å². The molecule has 1 aromatic rings. The van der Waals surface area contributed by atoms with Crippen LogP contribution in [-0.2, 0) is 6.42 Å². The van der Waals surface area contributed by atoms with Crippen LogP contribution in [0.5, 0.6) is 0 Å². The fourth-order valence-corrected chi connectivity index (χ4v) is 1.73. The van der Waals surface area contributed by atoms with Gasteiger partial charge in [-0.1, -0.05) is 26.0 Å². The normalized spacial score (nSPS) is 19.6. The van der Waals surface area contributed by atoms with Crippen molar-refractivity contribution in [3.05, 3.63) is 29.3 Å². The average Bonchev–Trinajstić information content (AvgIpc) is 2.23. The van der Waals surface area contributed by atoms with Gasteiger partial charge in [0, 0.05) is 11.8 Å². The van der Waals surface area contributed by atoms with Gasteiger partial charge in [-0.2, -0.15) is 0 Å². The number of aryl methyl sites for hydroxylation is 1. The third kappa shape index (κ3) is 1.27. The van der Waals surface area contributed by atoms with Gasteiger partial charge < -0.3 is 0 Å². The van der Waals surface area contributed by atoms with E-state index in [0.717, 1.165) is 23.2 Å². The van der Waals surface area contributed by atoms with Gasteiger partial charge in [0.05, 0.1) is 11.6 Å². The lowest BCUT2D eigenvalue weighted by atomic mass is 9.93. The minimum atomic E-state index is -0.0744. The molecule has 0 bridgehead atoms. The number of hydrogen-bond donors (Lipinski definition) is 0. The van der Waals surface area contributed by atoms with Gasteiger partial charge in [0.25, 0.3) is 0 Å². The Kier molecular flexibility index (Phi) is 2.20. The zero-order valence-electron chi connectivity index (χ0n) is 8.45. The number of Topliss-reactive ketones (excluding diaryl/α,β-unsaturated/α-hetero) is 1. The van der Waals surface area contributed by atoms with Crippen molar-refractivity contribution in [2.24, 2.45) is 10.9 Å². The second-order valence-electron chi connectivity index (χ2n) is 3.60. The molecule has 0 radical (unpaired) electrons. The van der Waals surface area contributed by atoms with E-state index in [1.807, 2.05) is 25.1 Å². The van der Waals surface area contributed by atoms with E-state index in [0.29, 0.717) is 0 Å². The van der Waals surface area contributed by atoms with Crippen LogP contribution < -0.4 is 0 Å². The van der Waals surface area contributed by atoms with Gasteiger partial charge in [0.15, 0.2) is 5.78 Å². The Morgan fingerprint density at radius 3 is 2.93 bits per heavy atom. The molecule has 2 rings (SSSR count). The molecule has 0 aliphatic carbocycles. The second-order valence-corrected chi connectivity index (χ2v) is 3.60. The molecule has 72 valence electrons. The molecule has 1 aromatic carbocycles. The number of carbonyl (C=O) groups excluding carboxylic acids is 1. The van der Waals surface area contributed by atoms with Gasteiger partial charge in [-0.15, -0.1) is 0 Å². The molecule has 0 amide bonds. The second kappa shape index (κ2) is 3.37. The molecule has 1 aliphatic rings. The molecular formula is C12H13NO. The van der Waals surface area contributed by atoms with Crippen molar-refractivity contribution >= 4 is 17.7 Å². The van der Waals surface area contributed by atoms with Crippen LogP contribution in [0.3, 0.4) is 0 Å². The lowest BCUT2D eigenvalue weighted by molar-refractivity contribution is 0.0962. The largest absolute Gasteiger partial charge is 0.293 e. The van der Waals surface area contributed by atoms with Crippen LogP contribution in [0.2, 0.25) is 0 Å². The predicted molar refractivity (Wildman–Crippen MR) is 57.5 cm³/mol. The Labute approximate surface area is 83.7 Å². The topological polar surface area (TPSA) is 29.4 Å². The van der Waals surface area contributed by atoms with Crippen molar-refractivity contribution < 1.29 is 4.79 Å². The number of benzene rings is 1. The minimum Gasteiger partial charge on any atom is -0.293 e. The van der Waals surface area contributed by atoms with E-state index in [9.17, 15) is 4.79 Å². The quantitative estimate of drug-likeness (QED) is 0.664. The summed E-state index contributed by atoms with van der Waals surface area (Å²) in [5.74, 6) is 0.111. The van der Waals surface area contributed by atoms with Gasteiger partial charge in [-0.25, -0.2) is 0 Å². The zero-order valence-corrected chi connectivity index (χ0v) is 8.45. The summed E-state index contributed by atoms with van der Waals surface area (Å²) < 4.78 is 0. The molecule has 14 heavy (non-hydrogen) atoms. The number of rotatable bonds is 1. The maximum atomic E-state index is 11.8. The molecular weight excluding hydrogens is 174 g/mol. The van der Waals surface area contributed by atoms with Gasteiger partial charge in [0.1, 0.15) is 0 Å². The first-order chi connectivity index (χ1) is 6.74. The third-order valence-electron chi connectivity index (χ3n) is 2.61. The van der Waals surface area contributed by atoms with Crippen LogP contribution in [0.15, 0.2) is 23.2 Å². The molecule has 2 nitrogen and oxygen atoms in total. The van der Waals surface area contributed by atoms with Crippen molar-refractivity contribution in [1.82, 2.24) is 0 Å². The minimum absolute atomic E-state index is 0.0744. The van der Waals surface area contributed by atoms with E-state index in [1.165, 1.54) is 0 Å². The first kappa shape index (κ1) is 9.13. The summed E-state index contributed by atoms with van der Waals surface area (Å²) in [6, 6.07) is 5.83. The molecule has 0 saturated carbocycles. The Bertz CT molecular complexity index is 407. The molecule has 0 spiro atoms. The maximum absolute atomic E-state index is 11.8. The van der Waals surface area contributed by atoms with E-state index >= 15 is 0 Å². The van der Waals surface area contributed by atoms with Gasteiger partial charge >= 0.3 is 0 Å². The van der Waals surface area contributed by atoms with Crippen LogP contribution in [0.4, 0.5) is 5.69 Å². The third-order valence-corrected chi connectivity index (χ3v) is 2.61. The highest BCUT2D eigenvalue weighted by Gasteiger charge is 2.21. The van der Waals surface area contributed by atoms with E-state index < -0.39 is 0 Å². The Balaban J connectivity index is 2.61. The maximum Gasteiger partial charge on any atom is 0.173 e. The van der Waals surface area contributed by atoms with Crippen molar-refractivity contribution in [2.75, 3.05) is 0 Å². The smallest absolute Gasteiger partial charge is 0.173 e. The summed E-state index contributed by atoms with van der Waals surface area (Å²) in [5.41, 5.74) is 2.80. The molecule has 0 aromatic heterocycles. The Morgan fingerprint density at radius 2 is 2.21 bits per heavy atom. The van der Waals surface area contributed by atoms with Gasteiger partial charge in [0.2, 0.25) is 0 Å². The van der Waals surface area contributed by atoms with Crippen LogP contribution in [0, 0.1) is 5.92 Å². The van der Waals surface area contributed by atoms with Gasteiger partial charge in [-0.05, 0) is 18.1 Å². The summed E-state index contributed by atoms with van der Waals surface area (Å²) in [4.78, 5) is 16.1. The Morgan fingerprint density at radius 1 is 1.43 bits per heavy atom. The summed E-state index contributed by atoms with van der Waals surface area (Å²) >= 11 is 0. The highest BCUT2D eigenvalue weighted by Crippen LogP contribution is 2.30. The van der Waals surface area contributed by atoms with Crippen molar-refractivity contribution in [1.29, 1.82) is 0 Å². The molecule has 1 heterocycles. The first-order valence-electron chi connectivity index (χ1n) is 4.94. The first-order valence-corrected chi connectivity index (χ1v) is 4.94. The Hall–Kier alpha value is -1.44. The summed E-state index contributed by atoms with van der Waals surface area (Å²) in [5, 5.41) is 0. The molecule has 1 atom stereocenters. The van der Waals surface area contributed by atoms with Crippen LogP contribution in [0.25, 0.3) is 0 Å². The summed E-state index contributed by atoms with van der Waals surface area (Å²) in [7, 11) is 0. The lowest BCUT2D eigenvalue weighted by Gasteiger charge is -2.15. The molecule has 2 heteroatoms. The number of ketones is 1. The molecule has 0 N–H and O–H groups in total. The standard InChI is InChI=1S/C12H13NO/c1-3-9-5-4-6-10-11(9)13-7-8(2)12(10)14/h4-8H,3H2,1-2H3. The molecule has 0 fully saturated rings. The zero-order chi connectivity index (χ0) is 10.1. The number of carbonyl (C=O) groups is 1. The van der Waals surface area contributed by atoms with Crippen molar-refractivity contribution in [2.45, 2.75) is 20.3 Å².